The van der Waals surface area contributed by atoms with Crippen molar-refractivity contribution in [3.05, 3.63) is 23.8 Å². The molecule has 1 aromatic rings. The predicted octanol–water partition coefficient (Wildman–Crippen LogP) is 0.746. The molecule has 1 rings (SSSR count). The van der Waals surface area contributed by atoms with Crippen molar-refractivity contribution in [2.24, 2.45) is 5.92 Å². The number of rotatable bonds is 5. The molecule has 0 aliphatic heterocycles. The van der Waals surface area contributed by atoms with Crippen LogP contribution in [0.3, 0.4) is 0 Å². The predicted molar refractivity (Wildman–Crippen MR) is 61.3 cm³/mol. The number of hydrogen-bond acceptors (Lipinski definition) is 5. The van der Waals surface area contributed by atoms with E-state index in [1.807, 2.05) is 0 Å². The van der Waals surface area contributed by atoms with Crippen molar-refractivity contribution < 1.29 is 18.3 Å². The van der Waals surface area contributed by atoms with Crippen molar-refractivity contribution in [3.63, 3.8) is 0 Å². The van der Waals surface area contributed by atoms with Gasteiger partial charge < -0.3 is 5.11 Å². The number of carbonyl (C=O) groups is 1. The Morgan fingerprint density at radius 2 is 2.12 bits per heavy atom. The Hall–Kier alpha value is -1.50. The molecule has 0 spiro atoms. The highest BCUT2D eigenvalue weighted by molar-refractivity contribution is 7.90. The highest BCUT2D eigenvalue weighted by Gasteiger charge is 2.20. The molecule has 0 aliphatic carbocycles. The quantitative estimate of drug-likeness (QED) is 0.836. The minimum Gasteiger partial charge on any atom is -0.478 e. The van der Waals surface area contributed by atoms with Gasteiger partial charge in [-0.1, -0.05) is 13.8 Å². The molecule has 1 aromatic heterocycles. The van der Waals surface area contributed by atoms with E-state index in [4.69, 9.17) is 5.11 Å². The van der Waals surface area contributed by atoms with Gasteiger partial charge in [0.1, 0.15) is 11.9 Å². The van der Waals surface area contributed by atoms with Gasteiger partial charge in [0.2, 0.25) is 0 Å². The molecule has 1 N–H and O–H groups in total. The Labute approximate surface area is 99.6 Å². The van der Waals surface area contributed by atoms with Crippen molar-refractivity contribution in [2.75, 3.05) is 5.75 Å². The summed E-state index contributed by atoms with van der Waals surface area (Å²) in [5.74, 6) is -1.58. The van der Waals surface area contributed by atoms with E-state index in [1.54, 1.807) is 13.8 Å². The van der Waals surface area contributed by atoms with E-state index in [1.165, 1.54) is 0 Å². The first kappa shape index (κ1) is 13.6. The monoisotopic (exact) mass is 258 g/mol. The van der Waals surface area contributed by atoms with Gasteiger partial charge in [-0.15, -0.1) is 0 Å². The topological polar surface area (TPSA) is 97.2 Å². The zero-order chi connectivity index (χ0) is 13.1. The van der Waals surface area contributed by atoms with E-state index in [0.29, 0.717) is 0 Å². The van der Waals surface area contributed by atoms with Gasteiger partial charge >= 0.3 is 5.97 Å². The van der Waals surface area contributed by atoms with Crippen LogP contribution in [0.25, 0.3) is 0 Å². The zero-order valence-electron chi connectivity index (χ0n) is 9.62. The first-order valence-electron chi connectivity index (χ1n) is 5.04. The number of aromatic nitrogens is 2. The highest BCUT2D eigenvalue weighted by Crippen LogP contribution is 2.11. The summed E-state index contributed by atoms with van der Waals surface area (Å²) in [6, 6.07) is 0. The van der Waals surface area contributed by atoms with Gasteiger partial charge in [-0.3, -0.25) is 0 Å². The third kappa shape index (κ3) is 4.10. The first-order chi connectivity index (χ1) is 7.82. The summed E-state index contributed by atoms with van der Waals surface area (Å²) in [6.45, 7) is 3.57. The lowest BCUT2D eigenvalue weighted by molar-refractivity contribution is 0.0695. The fraction of sp³-hybridized carbons (Fsp3) is 0.500. The third-order valence-corrected chi connectivity index (χ3v) is 3.86. The van der Waals surface area contributed by atoms with E-state index < -0.39 is 15.8 Å². The van der Waals surface area contributed by atoms with Crippen LogP contribution in [0.2, 0.25) is 0 Å². The highest BCUT2D eigenvalue weighted by atomic mass is 32.2. The Bertz CT molecular complexity index is 511. The van der Waals surface area contributed by atoms with Crippen LogP contribution in [0, 0.1) is 5.92 Å². The van der Waals surface area contributed by atoms with Crippen LogP contribution in [-0.2, 0) is 15.6 Å². The summed E-state index contributed by atoms with van der Waals surface area (Å²) in [6.07, 6.45) is 2.25. The maximum atomic E-state index is 11.7. The van der Waals surface area contributed by atoms with Crippen LogP contribution in [0.15, 0.2) is 12.5 Å². The van der Waals surface area contributed by atoms with Crippen molar-refractivity contribution in [3.8, 4) is 0 Å². The Morgan fingerprint density at radius 1 is 1.47 bits per heavy atom. The number of carboxylic acids is 1. The van der Waals surface area contributed by atoms with E-state index >= 15 is 0 Å². The molecule has 0 saturated carbocycles. The molecule has 0 bridgehead atoms. The molecule has 0 saturated heterocycles. The van der Waals surface area contributed by atoms with E-state index in [9.17, 15) is 13.2 Å². The van der Waals surface area contributed by atoms with Gasteiger partial charge in [0.05, 0.1) is 17.2 Å². The SMILES string of the molecule is CC(C)CS(=O)(=O)Cc1ncncc1C(=O)O. The lowest BCUT2D eigenvalue weighted by Gasteiger charge is -2.07. The molecular formula is C10H14N2O4S. The fourth-order valence-electron chi connectivity index (χ4n) is 1.42. The van der Waals surface area contributed by atoms with Gasteiger partial charge in [0.15, 0.2) is 9.84 Å². The minimum atomic E-state index is -3.34. The average molecular weight is 258 g/mol. The molecule has 0 aliphatic rings. The van der Waals surface area contributed by atoms with Gasteiger partial charge in [-0.05, 0) is 5.92 Å². The Morgan fingerprint density at radius 3 is 2.65 bits per heavy atom. The second-order valence-corrected chi connectivity index (χ2v) is 6.25. The van der Waals surface area contributed by atoms with Crippen LogP contribution in [0.1, 0.15) is 29.9 Å². The molecule has 94 valence electrons. The minimum absolute atomic E-state index is 0.00452. The lowest BCUT2D eigenvalue weighted by atomic mass is 10.2. The summed E-state index contributed by atoms with van der Waals surface area (Å²) < 4.78 is 23.5. The summed E-state index contributed by atoms with van der Waals surface area (Å²) in [7, 11) is -3.34. The summed E-state index contributed by atoms with van der Waals surface area (Å²) in [4.78, 5) is 18.1. The number of carboxylic acid groups (broad SMARTS) is 1. The molecule has 0 radical (unpaired) electrons. The van der Waals surface area contributed by atoms with Crippen LogP contribution < -0.4 is 0 Å². The van der Waals surface area contributed by atoms with Crippen molar-refractivity contribution in [1.29, 1.82) is 0 Å². The zero-order valence-corrected chi connectivity index (χ0v) is 10.4. The molecule has 0 unspecified atom stereocenters. The molecule has 6 nitrogen and oxygen atoms in total. The van der Waals surface area contributed by atoms with Crippen LogP contribution in [0.5, 0.6) is 0 Å². The number of nitrogens with zero attached hydrogens (tertiary/aromatic N) is 2. The van der Waals surface area contributed by atoms with Gasteiger partial charge in [-0.25, -0.2) is 23.2 Å². The van der Waals surface area contributed by atoms with Crippen LogP contribution in [0.4, 0.5) is 0 Å². The number of aromatic carboxylic acids is 1. The smallest absolute Gasteiger partial charge is 0.339 e. The summed E-state index contributed by atoms with van der Waals surface area (Å²) in [5.41, 5.74) is -0.131. The largest absolute Gasteiger partial charge is 0.478 e. The van der Waals surface area contributed by atoms with Gasteiger partial charge in [0.25, 0.3) is 0 Å². The normalized spacial score (nSPS) is 11.7. The Kier molecular flexibility index (Phi) is 4.17. The molecule has 17 heavy (non-hydrogen) atoms. The van der Waals surface area contributed by atoms with E-state index in [2.05, 4.69) is 9.97 Å². The molecule has 0 amide bonds. The number of hydrogen-bond donors (Lipinski definition) is 1. The lowest BCUT2D eigenvalue weighted by Crippen LogP contribution is -2.17. The van der Waals surface area contributed by atoms with E-state index in [0.717, 1.165) is 12.5 Å². The second-order valence-electron chi connectivity index (χ2n) is 4.14. The van der Waals surface area contributed by atoms with Gasteiger partial charge in [-0.2, -0.15) is 0 Å². The second kappa shape index (κ2) is 5.22. The molecular weight excluding hydrogens is 244 g/mol. The summed E-state index contributed by atoms with van der Waals surface area (Å²) >= 11 is 0. The first-order valence-corrected chi connectivity index (χ1v) is 6.86. The fourth-order valence-corrected chi connectivity index (χ4v) is 3.20. The van der Waals surface area contributed by atoms with Gasteiger partial charge in [0, 0.05) is 6.20 Å². The van der Waals surface area contributed by atoms with Crippen LogP contribution in [-0.4, -0.2) is 35.2 Å². The Balaban J connectivity index is 3.00. The molecule has 0 atom stereocenters. The maximum Gasteiger partial charge on any atom is 0.339 e. The third-order valence-electron chi connectivity index (χ3n) is 1.97. The molecule has 0 aromatic carbocycles. The van der Waals surface area contributed by atoms with Crippen molar-refractivity contribution in [1.82, 2.24) is 9.97 Å². The summed E-state index contributed by atoms with van der Waals surface area (Å²) in [5, 5.41) is 8.87. The number of sulfone groups is 1. The van der Waals surface area contributed by atoms with Crippen LogP contribution >= 0.6 is 0 Å². The maximum absolute atomic E-state index is 11.7. The van der Waals surface area contributed by atoms with Crippen molar-refractivity contribution in [2.45, 2.75) is 19.6 Å². The molecule has 1 heterocycles. The molecule has 0 fully saturated rings. The van der Waals surface area contributed by atoms with E-state index in [-0.39, 0.29) is 28.7 Å². The molecule has 7 heteroatoms. The standard InChI is InChI=1S/C10H14N2O4S/c1-7(2)4-17(15,16)5-9-8(10(13)14)3-11-6-12-9/h3,6-7H,4-5H2,1-2H3,(H,13,14). The van der Waals surface area contributed by atoms with Crippen molar-refractivity contribution >= 4 is 15.8 Å². The average Bonchev–Trinajstić information content (AvgIpc) is 2.14.